The van der Waals surface area contributed by atoms with Crippen LogP contribution in [0, 0.1) is 0 Å². The van der Waals surface area contributed by atoms with Gasteiger partial charge in [0.2, 0.25) is 0 Å². The number of phenolic OH excluding ortho intramolecular Hbond substituents is 2. The maximum absolute atomic E-state index is 12.9. The first-order chi connectivity index (χ1) is 12.1. The number of ketones is 1. The van der Waals surface area contributed by atoms with Crippen molar-refractivity contribution in [2.45, 2.75) is 58.5 Å². The van der Waals surface area contributed by atoms with Crippen molar-refractivity contribution in [2.24, 2.45) is 0 Å². The van der Waals surface area contributed by atoms with Gasteiger partial charge in [0.1, 0.15) is 5.75 Å². The number of allylic oxidation sites excluding steroid dienone is 4. The van der Waals surface area contributed by atoms with E-state index in [0.717, 1.165) is 24.0 Å². The molecular formula is C21H26O5. The first kappa shape index (κ1) is 18.5. The molecule has 0 aromatic heterocycles. The van der Waals surface area contributed by atoms with Crippen LogP contribution in [-0.2, 0) is 11.8 Å². The number of hydrogen-bond donors (Lipinski definition) is 3. The van der Waals surface area contributed by atoms with E-state index in [2.05, 4.69) is 6.92 Å². The Bertz CT molecular complexity index is 860. The third-order valence-electron chi connectivity index (χ3n) is 5.91. The van der Waals surface area contributed by atoms with Crippen molar-refractivity contribution in [1.82, 2.24) is 0 Å². The van der Waals surface area contributed by atoms with Crippen LogP contribution < -0.4 is 4.74 Å². The molecule has 2 aliphatic rings. The molecule has 0 spiro atoms. The van der Waals surface area contributed by atoms with Gasteiger partial charge in [-0.2, -0.15) is 0 Å². The number of fused-ring (bicyclic) bond motifs is 3. The highest BCUT2D eigenvalue weighted by atomic mass is 16.5. The molecule has 1 aromatic carbocycles. The number of benzene rings is 1. The topological polar surface area (TPSA) is 87.0 Å². The van der Waals surface area contributed by atoms with Crippen LogP contribution in [0.1, 0.15) is 62.0 Å². The first-order valence-corrected chi connectivity index (χ1v) is 8.90. The fourth-order valence-corrected chi connectivity index (χ4v) is 4.37. The van der Waals surface area contributed by atoms with Crippen molar-refractivity contribution in [1.29, 1.82) is 0 Å². The molecule has 2 atom stereocenters. The van der Waals surface area contributed by atoms with Crippen molar-refractivity contribution in [2.75, 3.05) is 7.11 Å². The number of aliphatic hydroxyl groups is 1. The van der Waals surface area contributed by atoms with Crippen molar-refractivity contribution in [3.63, 3.8) is 0 Å². The molecule has 0 amide bonds. The molecule has 0 radical (unpaired) electrons. The molecule has 3 N–H and O–H groups in total. The van der Waals surface area contributed by atoms with Crippen LogP contribution in [0.5, 0.6) is 17.2 Å². The first-order valence-electron chi connectivity index (χ1n) is 8.90. The number of aromatic hydroxyl groups is 2. The minimum atomic E-state index is -0.754. The highest BCUT2D eigenvalue weighted by Gasteiger charge is 2.46. The molecule has 0 heterocycles. The van der Waals surface area contributed by atoms with E-state index in [4.69, 9.17) is 4.74 Å². The molecule has 5 heteroatoms. The third-order valence-corrected chi connectivity index (χ3v) is 5.91. The van der Waals surface area contributed by atoms with Crippen molar-refractivity contribution < 1.29 is 24.9 Å². The number of carbonyl (C=O) groups excluding carboxylic acids is 1. The summed E-state index contributed by atoms with van der Waals surface area (Å²) in [7, 11) is 1.41. The van der Waals surface area contributed by atoms with Gasteiger partial charge in [0.15, 0.2) is 17.3 Å². The highest BCUT2D eigenvalue weighted by molar-refractivity contribution is 6.12. The van der Waals surface area contributed by atoms with E-state index < -0.39 is 11.5 Å². The molecule has 0 unspecified atom stereocenters. The van der Waals surface area contributed by atoms with Crippen LogP contribution in [0.25, 0.3) is 0 Å². The van der Waals surface area contributed by atoms with E-state index >= 15 is 0 Å². The lowest BCUT2D eigenvalue weighted by Crippen LogP contribution is -2.35. The lowest BCUT2D eigenvalue weighted by atomic mass is 9.61. The Labute approximate surface area is 153 Å². The zero-order valence-electron chi connectivity index (χ0n) is 15.9. The van der Waals surface area contributed by atoms with Crippen LogP contribution in [0.4, 0.5) is 0 Å². The molecular weight excluding hydrogens is 332 g/mol. The molecule has 0 saturated heterocycles. The second-order valence-electron chi connectivity index (χ2n) is 7.67. The number of carbonyl (C=O) groups is 1. The SMILES string of the molecule is COc1c(O)c2c(c(O)c1C[C@H](C)O)C(=O)C=C1C(C)=C(C)CC[C@@]12C. The number of rotatable bonds is 3. The zero-order chi connectivity index (χ0) is 19.4. The molecule has 1 aromatic rings. The van der Waals surface area contributed by atoms with Crippen LogP contribution in [0.15, 0.2) is 22.8 Å². The number of phenols is 2. The lowest BCUT2D eigenvalue weighted by Gasteiger charge is -2.42. The molecule has 5 nitrogen and oxygen atoms in total. The monoisotopic (exact) mass is 358 g/mol. The number of ether oxygens (including phenoxy) is 1. The van der Waals surface area contributed by atoms with Gasteiger partial charge < -0.3 is 20.1 Å². The van der Waals surface area contributed by atoms with Crippen LogP contribution in [0.2, 0.25) is 0 Å². The van der Waals surface area contributed by atoms with Crippen LogP contribution >= 0.6 is 0 Å². The Morgan fingerprint density at radius 2 is 1.92 bits per heavy atom. The predicted molar refractivity (Wildman–Crippen MR) is 99.1 cm³/mol. The summed E-state index contributed by atoms with van der Waals surface area (Å²) in [5.74, 6) is -0.532. The molecule has 0 fully saturated rings. The van der Waals surface area contributed by atoms with Crippen LogP contribution in [-0.4, -0.2) is 34.3 Å². The maximum atomic E-state index is 12.9. The van der Waals surface area contributed by atoms with Gasteiger partial charge >= 0.3 is 0 Å². The standard InChI is InChI=1S/C21H26O5/c1-10-6-7-21(4)14(12(10)3)9-15(23)16-17(21)19(25)20(26-5)13(18(16)24)8-11(2)22/h9,11,22,24-25H,6-8H2,1-5H3/t11-,21-/m0/s1. The average Bonchev–Trinajstić information content (AvgIpc) is 2.57. The van der Waals surface area contributed by atoms with E-state index in [1.54, 1.807) is 13.0 Å². The summed E-state index contributed by atoms with van der Waals surface area (Å²) in [6.45, 7) is 7.62. The van der Waals surface area contributed by atoms with Gasteiger partial charge in [-0.25, -0.2) is 0 Å². The molecule has 0 bridgehead atoms. The van der Waals surface area contributed by atoms with E-state index in [9.17, 15) is 20.1 Å². The summed E-state index contributed by atoms with van der Waals surface area (Å²) in [5.41, 5.74) is 3.40. The summed E-state index contributed by atoms with van der Waals surface area (Å²) >= 11 is 0. The van der Waals surface area contributed by atoms with Gasteiger partial charge in [0.25, 0.3) is 0 Å². The Hall–Kier alpha value is -2.27. The van der Waals surface area contributed by atoms with E-state index in [1.165, 1.54) is 12.7 Å². The number of aliphatic hydroxyl groups excluding tert-OH is 1. The molecule has 140 valence electrons. The van der Waals surface area contributed by atoms with E-state index in [-0.39, 0.29) is 40.6 Å². The Kier molecular flexibility index (Phi) is 4.39. The minimum absolute atomic E-state index is 0.0778. The minimum Gasteiger partial charge on any atom is -0.507 e. The molecule has 3 rings (SSSR count). The van der Waals surface area contributed by atoms with E-state index in [1.807, 2.05) is 13.8 Å². The zero-order valence-corrected chi connectivity index (χ0v) is 15.9. The average molecular weight is 358 g/mol. The lowest BCUT2D eigenvalue weighted by molar-refractivity contribution is 0.103. The Balaban J connectivity index is 2.37. The molecule has 26 heavy (non-hydrogen) atoms. The van der Waals surface area contributed by atoms with Gasteiger partial charge in [-0.05, 0) is 50.8 Å². The second-order valence-corrected chi connectivity index (χ2v) is 7.67. The summed E-state index contributed by atoms with van der Waals surface area (Å²) < 4.78 is 5.37. The van der Waals surface area contributed by atoms with Crippen molar-refractivity contribution in [3.05, 3.63) is 39.5 Å². The summed E-state index contributed by atoms with van der Waals surface area (Å²) in [4.78, 5) is 12.9. The quantitative estimate of drug-likeness (QED) is 0.720. The maximum Gasteiger partial charge on any atom is 0.190 e. The summed E-state index contributed by atoms with van der Waals surface area (Å²) in [6.07, 6.45) is 2.49. The molecule has 0 saturated carbocycles. The molecule has 0 aliphatic heterocycles. The van der Waals surface area contributed by atoms with E-state index in [0.29, 0.717) is 5.56 Å². The third kappa shape index (κ3) is 2.45. The van der Waals surface area contributed by atoms with Gasteiger partial charge in [-0.15, -0.1) is 0 Å². The van der Waals surface area contributed by atoms with Crippen molar-refractivity contribution >= 4 is 5.78 Å². The largest absolute Gasteiger partial charge is 0.507 e. The van der Waals surface area contributed by atoms with Gasteiger partial charge in [-0.1, -0.05) is 12.5 Å². The van der Waals surface area contributed by atoms with Gasteiger partial charge in [0.05, 0.1) is 18.8 Å². The Morgan fingerprint density at radius 3 is 2.50 bits per heavy atom. The van der Waals surface area contributed by atoms with Gasteiger partial charge in [-0.3, -0.25) is 4.79 Å². The fourth-order valence-electron chi connectivity index (χ4n) is 4.37. The number of hydrogen-bond acceptors (Lipinski definition) is 5. The second kappa shape index (κ2) is 6.16. The Morgan fingerprint density at radius 1 is 1.27 bits per heavy atom. The normalized spacial score (nSPS) is 23.3. The van der Waals surface area contributed by atoms with Gasteiger partial charge in [0, 0.05) is 23.0 Å². The summed E-state index contributed by atoms with van der Waals surface area (Å²) in [5, 5.41) is 31.6. The fraction of sp³-hybridized carbons (Fsp3) is 0.476. The smallest absolute Gasteiger partial charge is 0.190 e. The van der Waals surface area contributed by atoms with Crippen molar-refractivity contribution in [3.8, 4) is 17.2 Å². The highest BCUT2D eigenvalue weighted by Crippen LogP contribution is 2.56. The number of methoxy groups -OCH3 is 1. The van der Waals surface area contributed by atoms with Crippen LogP contribution in [0.3, 0.4) is 0 Å². The predicted octanol–water partition coefficient (Wildman–Crippen LogP) is 3.54. The molecule has 2 aliphatic carbocycles. The summed E-state index contributed by atoms with van der Waals surface area (Å²) in [6, 6.07) is 0.